The van der Waals surface area contributed by atoms with Crippen molar-refractivity contribution in [3.8, 4) is 0 Å². The molecule has 150 valence electrons. The SMILES string of the molecule is CCN(CC)CCc1nc2cc(NS(=O)(=O)c3ccc(F)cc3)ccc2n1C. The first-order valence-corrected chi connectivity index (χ1v) is 10.8. The van der Waals surface area contributed by atoms with Gasteiger partial charge in [-0.15, -0.1) is 0 Å². The van der Waals surface area contributed by atoms with Crippen molar-refractivity contribution in [2.75, 3.05) is 24.4 Å². The normalized spacial score (nSPS) is 12.0. The number of imidazole rings is 1. The van der Waals surface area contributed by atoms with Crippen molar-refractivity contribution in [2.24, 2.45) is 7.05 Å². The van der Waals surface area contributed by atoms with Crippen molar-refractivity contribution in [3.63, 3.8) is 0 Å². The zero-order valence-corrected chi connectivity index (χ0v) is 17.1. The molecule has 1 heterocycles. The number of aromatic nitrogens is 2. The summed E-state index contributed by atoms with van der Waals surface area (Å²) in [6, 6.07) is 10.0. The summed E-state index contributed by atoms with van der Waals surface area (Å²) in [5.41, 5.74) is 2.10. The number of nitrogens with zero attached hydrogens (tertiary/aromatic N) is 3. The zero-order valence-electron chi connectivity index (χ0n) is 16.3. The van der Waals surface area contributed by atoms with Gasteiger partial charge in [-0.05, 0) is 55.6 Å². The number of aryl methyl sites for hydroxylation is 1. The third-order valence-electron chi connectivity index (χ3n) is 4.90. The van der Waals surface area contributed by atoms with E-state index >= 15 is 0 Å². The lowest BCUT2D eigenvalue weighted by molar-refractivity contribution is 0.305. The number of benzene rings is 2. The van der Waals surface area contributed by atoms with Crippen LogP contribution < -0.4 is 4.72 Å². The average Bonchev–Trinajstić information content (AvgIpc) is 2.98. The Morgan fingerprint density at radius 3 is 2.43 bits per heavy atom. The Hall–Kier alpha value is -2.45. The summed E-state index contributed by atoms with van der Waals surface area (Å²) < 4.78 is 42.6. The van der Waals surface area contributed by atoms with Crippen LogP contribution in [0.2, 0.25) is 0 Å². The highest BCUT2D eigenvalue weighted by atomic mass is 32.2. The molecule has 1 aromatic heterocycles. The van der Waals surface area contributed by atoms with Crippen LogP contribution in [0.5, 0.6) is 0 Å². The number of rotatable bonds is 8. The monoisotopic (exact) mass is 404 g/mol. The van der Waals surface area contributed by atoms with Gasteiger partial charge in [-0.2, -0.15) is 0 Å². The first-order chi connectivity index (χ1) is 13.3. The molecule has 8 heteroatoms. The fraction of sp³-hybridized carbons (Fsp3) is 0.350. The second-order valence-electron chi connectivity index (χ2n) is 6.63. The molecule has 3 aromatic rings. The fourth-order valence-electron chi connectivity index (χ4n) is 3.16. The van der Waals surface area contributed by atoms with Crippen LogP contribution in [-0.4, -0.2) is 42.5 Å². The molecule has 0 radical (unpaired) electrons. The van der Waals surface area contributed by atoms with Crippen LogP contribution in [0.25, 0.3) is 11.0 Å². The van der Waals surface area contributed by atoms with Gasteiger partial charge in [-0.25, -0.2) is 17.8 Å². The maximum atomic E-state index is 13.0. The van der Waals surface area contributed by atoms with Gasteiger partial charge in [0, 0.05) is 20.0 Å². The Morgan fingerprint density at radius 1 is 1.11 bits per heavy atom. The lowest BCUT2D eigenvalue weighted by Gasteiger charge is -2.17. The summed E-state index contributed by atoms with van der Waals surface area (Å²) in [7, 11) is -1.82. The summed E-state index contributed by atoms with van der Waals surface area (Å²) in [4.78, 5) is 7.02. The molecule has 28 heavy (non-hydrogen) atoms. The van der Waals surface area contributed by atoms with Crippen LogP contribution in [0.4, 0.5) is 10.1 Å². The minimum Gasteiger partial charge on any atom is -0.331 e. The fourth-order valence-corrected chi connectivity index (χ4v) is 4.21. The van der Waals surface area contributed by atoms with Gasteiger partial charge >= 0.3 is 0 Å². The molecule has 0 amide bonds. The van der Waals surface area contributed by atoms with Gasteiger partial charge in [-0.1, -0.05) is 13.8 Å². The van der Waals surface area contributed by atoms with Gasteiger partial charge in [0.05, 0.1) is 21.6 Å². The summed E-state index contributed by atoms with van der Waals surface area (Å²) in [6.07, 6.45) is 0.823. The van der Waals surface area contributed by atoms with Gasteiger partial charge in [-0.3, -0.25) is 4.72 Å². The quantitative estimate of drug-likeness (QED) is 0.625. The molecule has 0 aliphatic rings. The Balaban J connectivity index is 1.83. The molecular formula is C20H25FN4O2S. The van der Waals surface area contributed by atoms with Gasteiger partial charge in [0.1, 0.15) is 11.6 Å². The highest BCUT2D eigenvalue weighted by Crippen LogP contribution is 2.22. The topological polar surface area (TPSA) is 67.2 Å². The molecular weight excluding hydrogens is 379 g/mol. The van der Waals surface area contributed by atoms with Crippen molar-refractivity contribution in [1.29, 1.82) is 0 Å². The highest BCUT2D eigenvalue weighted by molar-refractivity contribution is 7.92. The van der Waals surface area contributed by atoms with E-state index in [1.807, 2.05) is 17.7 Å². The third kappa shape index (κ3) is 4.34. The second kappa shape index (κ2) is 8.28. The molecule has 6 nitrogen and oxygen atoms in total. The van der Waals surface area contributed by atoms with Crippen LogP contribution in [0.3, 0.4) is 0 Å². The molecule has 0 aliphatic carbocycles. The van der Waals surface area contributed by atoms with Crippen LogP contribution in [0.1, 0.15) is 19.7 Å². The lowest BCUT2D eigenvalue weighted by Crippen LogP contribution is -2.26. The predicted octanol–water partition coefficient (Wildman–Crippen LogP) is 3.40. The summed E-state index contributed by atoms with van der Waals surface area (Å²) in [5, 5.41) is 0. The molecule has 0 aliphatic heterocycles. The first kappa shape index (κ1) is 20.3. The van der Waals surface area contributed by atoms with Crippen molar-refractivity contribution in [3.05, 3.63) is 54.1 Å². The Kier molecular flexibility index (Phi) is 6.00. The molecule has 0 unspecified atom stereocenters. The number of nitrogens with one attached hydrogen (secondary N) is 1. The van der Waals surface area contributed by atoms with Gasteiger partial charge in [0.2, 0.25) is 0 Å². The van der Waals surface area contributed by atoms with Crippen molar-refractivity contribution in [1.82, 2.24) is 14.5 Å². The van der Waals surface area contributed by atoms with E-state index in [-0.39, 0.29) is 4.90 Å². The van der Waals surface area contributed by atoms with Crippen molar-refractivity contribution >= 4 is 26.7 Å². The van der Waals surface area contributed by atoms with Crippen LogP contribution in [-0.2, 0) is 23.5 Å². The highest BCUT2D eigenvalue weighted by Gasteiger charge is 2.16. The molecule has 2 aromatic carbocycles. The third-order valence-corrected chi connectivity index (χ3v) is 6.29. The van der Waals surface area contributed by atoms with E-state index < -0.39 is 15.8 Å². The Bertz CT molecular complexity index is 1060. The largest absolute Gasteiger partial charge is 0.331 e. The van der Waals surface area contributed by atoms with E-state index in [0.29, 0.717) is 5.69 Å². The molecule has 0 saturated carbocycles. The minimum atomic E-state index is -3.79. The van der Waals surface area contributed by atoms with Crippen LogP contribution >= 0.6 is 0 Å². The van der Waals surface area contributed by atoms with E-state index in [9.17, 15) is 12.8 Å². The first-order valence-electron chi connectivity index (χ1n) is 9.30. The molecule has 3 rings (SSSR count). The Labute approximate surface area is 165 Å². The molecule has 0 atom stereocenters. The number of likely N-dealkylation sites (N-methyl/N-ethyl adjacent to an activating group) is 1. The summed E-state index contributed by atoms with van der Waals surface area (Å²) in [6.45, 7) is 7.19. The molecule has 0 spiro atoms. The standard InChI is InChI=1S/C20H25FN4O2S/c1-4-25(5-2)13-12-20-22-18-14-16(8-11-19(18)24(20)3)23-28(26,27)17-9-6-15(21)7-10-17/h6-11,14,23H,4-5,12-13H2,1-3H3. The summed E-state index contributed by atoms with van der Waals surface area (Å²) >= 11 is 0. The number of fused-ring (bicyclic) bond motifs is 1. The van der Waals surface area contributed by atoms with Gasteiger partial charge in [0.25, 0.3) is 10.0 Å². The maximum Gasteiger partial charge on any atom is 0.261 e. The van der Waals surface area contributed by atoms with Crippen LogP contribution in [0.15, 0.2) is 47.4 Å². The number of anilines is 1. The van der Waals surface area contributed by atoms with E-state index in [0.717, 1.165) is 55.0 Å². The maximum absolute atomic E-state index is 13.0. The predicted molar refractivity (Wildman–Crippen MR) is 109 cm³/mol. The second-order valence-corrected chi connectivity index (χ2v) is 8.31. The van der Waals surface area contributed by atoms with E-state index in [1.165, 1.54) is 12.1 Å². The van der Waals surface area contributed by atoms with Crippen LogP contribution in [0, 0.1) is 5.82 Å². The number of sulfonamides is 1. The number of halogens is 1. The Morgan fingerprint density at radius 2 is 1.79 bits per heavy atom. The van der Waals surface area contributed by atoms with E-state index in [2.05, 4.69) is 28.5 Å². The molecule has 0 saturated heterocycles. The minimum absolute atomic E-state index is 0.00919. The number of hydrogen-bond acceptors (Lipinski definition) is 4. The van der Waals surface area contributed by atoms with E-state index in [4.69, 9.17) is 0 Å². The number of hydrogen-bond donors (Lipinski definition) is 1. The molecule has 1 N–H and O–H groups in total. The van der Waals surface area contributed by atoms with Crippen molar-refractivity contribution in [2.45, 2.75) is 25.2 Å². The van der Waals surface area contributed by atoms with Crippen molar-refractivity contribution < 1.29 is 12.8 Å². The average molecular weight is 405 g/mol. The lowest BCUT2D eigenvalue weighted by atomic mass is 10.3. The molecule has 0 bridgehead atoms. The smallest absolute Gasteiger partial charge is 0.261 e. The zero-order chi connectivity index (χ0) is 20.3. The van der Waals surface area contributed by atoms with Gasteiger partial charge < -0.3 is 9.47 Å². The van der Waals surface area contributed by atoms with E-state index in [1.54, 1.807) is 12.1 Å². The van der Waals surface area contributed by atoms with Gasteiger partial charge in [0.15, 0.2) is 0 Å². The molecule has 0 fully saturated rings. The summed E-state index contributed by atoms with van der Waals surface area (Å²) in [5.74, 6) is 0.478.